The van der Waals surface area contributed by atoms with E-state index in [1.807, 2.05) is 30.3 Å². The van der Waals surface area contributed by atoms with Gasteiger partial charge in [-0.1, -0.05) is 36.7 Å². The first-order valence-electron chi connectivity index (χ1n) is 6.06. The Bertz CT molecular complexity index is 487. The lowest BCUT2D eigenvalue weighted by Gasteiger charge is -2.19. The van der Waals surface area contributed by atoms with E-state index in [-0.39, 0.29) is 6.04 Å². The Morgan fingerprint density at radius 1 is 1.28 bits per heavy atom. The predicted molar refractivity (Wildman–Crippen MR) is 73.6 cm³/mol. The van der Waals surface area contributed by atoms with Crippen LogP contribution in [-0.2, 0) is 0 Å². The molecule has 4 heteroatoms. The van der Waals surface area contributed by atoms with Crippen LogP contribution >= 0.6 is 11.6 Å². The van der Waals surface area contributed by atoms with Crippen molar-refractivity contribution in [2.24, 2.45) is 0 Å². The Labute approximate surface area is 112 Å². The highest BCUT2D eigenvalue weighted by molar-refractivity contribution is 6.31. The second-order valence-electron chi connectivity index (χ2n) is 4.04. The van der Waals surface area contributed by atoms with E-state index in [1.54, 1.807) is 12.5 Å². The van der Waals surface area contributed by atoms with Crippen molar-refractivity contribution in [2.45, 2.75) is 19.4 Å². The number of aromatic nitrogens is 2. The molecule has 0 saturated heterocycles. The van der Waals surface area contributed by atoms with Crippen LogP contribution in [0, 0.1) is 0 Å². The molecule has 1 N–H and O–H groups in total. The van der Waals surface area contributed by atoms with Crippen molar-refractivity contribution < 1.29 is 0 Å². The van der Waals surface area contributed by atoms with Crippen LogP contribution in [0.25, 0.3) is 0 Å². The molecule has 0 amide bonds. The summed E-state index contributed by atoms with van der Waals surface area (Å²) >= 11 is 6.26. The van der Waals surface area contributed by atoms with Crippen molar-refractivity contribution in [3.05, 3.63) is 59.1 Å². The van der Waals surface area contributed by atoms with Crippen molar-refractivity contribution in [2.75, 3.05) is 6.54 Å². The highest BCUT2D eigenvalue weighted by atomic mass is 35.5. The third-order valence-corrected chi connectivity index (χ3v) is 3.06. The zero-order valence-electron chi connectivity index (χ0n) is 10.3. The summed E-state index contributed by atoms with van der Waals surface area (Å²) in [5.41, 5.74) is 1.98. The lowest BCUT2D eigenvalue weighted by atomic mass is 10.0. The molecule has 2 aromatic rings. The minimum atomic E-state index is 0.0154. The fourth-order valence-electron chi connectivity index (χ4n) is 1.84. The first-order chi connectivity index (χ1) is 8.83. The van der Waals surface area contributed by atoms with Crippen LogP contribution < -0.4 is 5.32 Å². The van der Waals surface area contributed by atoms with E-state index in [0.717, 1.165) is 29.2 Å². The summed E-state index contributed by atoms with van der Waals surface area (Å²) in [6.07, 6.45) is 4.37. The molecule has 18 heavy (non-hydrogen) atoms. The number of rotatable bonds is 5. The third kappa shape index (κ3) is 3.06. The van der Waals surface area contributed by atoms with Gasteiger partial charge < -0.3 is 5.32 Å². The molecule has 3 nitrogen and oxygen atoms in total. The Morgan fingerprint density at radius 3 is 2.78 bits per heavy atom. The van der Waals surface area contributed by atoms with Gasteiger partial charge in [0.25, 0.3) is 0 Å². The van der Waals surface area contributed by atoms with Crippen LogP contribution in [0.15, 0.2) is 42.9 Å². The van der Waals surface area contributed by atoms with E-state index in [9.17, 15) is 0 Å². The molecule has 1 unspecified atom stereocenters. The molecule has 2 rings (SSSR count). The van der Waals surface area contributed by atoms with Gasteiger partial charge in [-0.3, -0.25) is 0 Å². The van der Waals surface area contributed by atoms with Gasteiger partial charge in [-0.2, -0.15) is 0 Å². The molecule has 0 bridgehead atoms. The van der Waals surface area contributed by atoms with Gasteiger partial charge in [0.1, 0.15) is 6.33 Å². The van der Waals surface area contributed by atoms with E-state index in [0.29, 0.717) is 0 Å². The van der Waals surface area contributed by atoms with Crippen molar-refractivity contribution >= 4 is 11.6 Å². The van der Waals surface area contributed by atoms with Gasteiger partial charge in [0, 0.05) is 11.2 Å². The van der Waals surface area contributed by atoms with Gasteiger partial charge >= 0.3 is 0 Å². The molecule has 1 aromatic carbocycles. The summed E-state index contributed by atoms with van der Waals surface area (Å²) in [5, 5.41) is 4.22. The number of nitrogens with zero attached hydrogens (tertiary/aromatic N) is 2. The molecule has 0 radical (unpaired) electrons. The van der Waals surface area contributed by atoms with Crippen LogP contribution in [0.5, 0.6) is 0 Å². The molecule has 0 fully saturated rings. The minimum Gasteiger partial charge on any atom is -0.305 e. The topological polar surface area (TPSA) is 37.8 Å². The van der Waals surface area contributed by atoms with Crippen molar-refractivity contribution in [1.82, 2.24) is 15.3 Å². The van der Waals surface area contributed by atoms with E-state index in [4.69, 9.17) is 11.6 Å². The van der Waals surface area contributed by atoms with Gasteiger partial charge in [-0.25, -0.2) is 9.97 Å². The summed E-state index contributed by atoms with van der Waals surface area (Å²) in [6, 6.07) is 9.78. The molecule has 1 heterocycles. The van der Waals surface area contributed by atoms with Gasteiger partial charge in [0.15, 0.2) is 0 Å². The number of hydrogen-bond acceptors (Lipinski definition) is 3. The summed E-state index contributed by atoms with van der Waals surface area (Å²) in [5.74, 6) is 0. The number of halogens is 1. The van der Waals surface area contributed by atoms with Crippen LogP contribution in [0.4, 0.5) is 0 Å². The van der Waals surface area contributed by atoms with Crippen molar-refractivity contribution in [3.63, 3.8) is 0 Å². The first kappa shape index (κ1) is 13.0. The van der Waals surface area contributed by atoms with E-state index in [2.05, 4.69) is 22.2 Å². The Hall–Kier alpha value is -1.45. The number of hydrogen-bond donors (Lipinski definition) is 1. The van der Waals surface area contributed by atoms with E-state index < -0.39 is 0 Å². The minimum absolute atomic E-state index is 0.0154. The predicted octanol–water partition coefficient (Wildman–Crippen LogP) is 3.22. The SMILES string of the molecule is CCCNC(c1ccncn1)c1ccccc1Cl. The smallest absolute Gasteiger partial charge is 0.115 e. The van der Waals surface area contributed by atoms with Crippen molar-refractivity contribution in [1.29, 1.82) is 0 Å². The standard InChI is InChI=1S/C14H16ClN3/c1-2-8-17-14(13-7-9-16-10-18-13)11-5-3-4-6-12(11)15/h3-7,9-10,14,17H,2,8H2,1H3. The van der Waals surface area contributed by atoms with Crippen LogP contribution in [0.1, 0.15) is 30.6 Å². The van der Waals surface area contributed by atoms with Crippen LogP contribution in [0.3, 0.4) is 0 Å². The summed E-state index contributed by atoms with van der Waals surface area (Å²) in [7, 11) is 0. The fraction of sp³-hybridized carbons (Fsp3) is 0.286. The fourth-order valence-corrected chi connectivity index (χ4v) is 2.09. The molecule has 0 aliphatic heterocycles. The maximum Gasteiger partial charge on any atom is 0.115 e. The zero-order chi connectivity index (χ0) is 12.8. The third-order valence-electron chi connectivity index (χ3n) is 2.72. The molecule has 0 saturated carbocycles. The molecule has 0 aliphatic carbocycles. The van der Waals surface area contributed by atoms with Gasteiger partial charge in [0.05, 0.1) is 11.7 Å². The molecule has 1 aromatic heterocycles. The molecule has 0 aliphatic rings. The second kappa shape index (κ2) is 6.47. The Balaban J connectivity index is 2.34. The first-order valence-corrected chi connectivity index (χ1v) is 6.44. The zero-order valence-corrected chi connectivity index (χ0v) is 11.1. The Morgan fingerprint density at radius 2 is 2.11 bits per heavy atom. The maximum absolute atomic E-state index is 6.26. The second-order valence-corrected chi connectivity index (χ2v) is 4.45. The highest BCUT2D eigenvalue weighted by Gasteiger charge is 2.16. The highest BCUT2D eigenvalue weighted by Crippen LogP contribution is 2.26. The molecular formula is C14H16ClN3. The number of benzene rings is 1. The van der Waals surface area contributed by atoms with E-state index in [1.165, 1.54) is 0 Å². The normalized spacial score (nSPS) is 12.3. The molecule has 0 spiro atoms. The molecular weight excluding hydrogens is 246 g/mol. The average molecular weight is 262 g/mol. The van der Waals surface area contributed by atoms with Crippen LogP contribution in [-0.4, -0.2) is 16.5 Å². The summed E-state index contributed by atoms with van der Waals surface area (Å²) in [6.45, 7) is 3.05. The van der Waals surface area contributed by atoms with Gasteiger partial charge in [0.2, 0.25) is 0 Å². The average Bonchev–Trinajstić information content (AvgIpc) is 2.42. The number of nitrogens with one attached hydrogen (secondary N) is 1. The maximum atomic E-state index is 6.26. The lowest BCUT2D eigenvalue weighted by molar-refractivity contribution is 0.585. The lowest BCUT2D eigenvalue weighted by Crippen LogP contribution is -2.24. The van der Waals surface area contributed by atoms with Crippen LogP contribution in [0.2, 0.25) is 5.02 Å². The molecule has 94 valence electrons. The monoisotopic (exact) mass is 261 g/mol. The van der Waals surface area contributed by atoms with Crippen molar-refractivity contribution in [3.8, 4) is 0 Å². The molecule has 1 atom stereocenters. The summed E-state index contributed by atoms with van der Waals surface area (Å²) in [4.78, 5) is 8.27. The largest absolute Gasteiger partial charge is 0.305 e. The van der Waals surface area contributed by atoms with E-state index >= 15 is 0 Å². The van der Waals surface area contributed by atoms with Gasteiger partial charge in [-0.05, 0) is 30.7 Å². The summed E-state index contributed by atoms with van der Waals surface area (Å²) < 4.78 is 0. The Kier molecular flexibility index (Phi) is 4.67. The quantitative estimate of drug-likeness (QED) is 0.898. The van der Waals surface area contributed by atoms with Gasteiger partial charge in [-0.15, -0.1) is 0 Å².